The van der Waals surface area contributed by atoms with Gasteiger partial charge in [0.1, 0.15) is 0 Å². The van der Waals surface area contributed by atoms with E-state index in [0.29, 0.717) is 12.0 Å². The van der Waals surface area contributed by atoms with Gasteiger partial charge in [-0.25, -0.2) is 0 Å². The summed E-state index contributed by atoms with van der Waals surface area (Å²) >= 11 is 0. The summed E-state index contributed by atoms with van der Waals surface area (Å²) in [7, 11) is 4.06. The molecule has 0 aromatic carbocycles. The molecule has 0 saturated carbocycles. The van der Waals surface area contributed by atoms with Crippen LogP contribution in [0, 0.1) is 5.92 Å². The smallest absolute Gasteiger partial charge is 0.0355 e. The molecule has 1 heterocycles. The maximum Gasteiger partial charge on any atom is 0.0355 e. The Balaban J connectivity index is 2.80. The largest absolute Gasteiger partial charge is 0.357 e. The van der Waals surface area contributed by atoms with Crippen LogP contribution >= 0.6 is 0 Å². The quantitative estimate of drug-likeness (QED) is 0.726. The third-order valence-electron chi connectivity index (χ3n) is 2.19. The second kappa shape index (κ2) is 3.76. The first-order valence-corrected chi connectivity index (χ1v) is 4.44. The molecule has 0 saturated heterocycles. The summed E-state index contributed by atoms with van der Waals surface area (Å²) in [5.41, 5.74) is 1.37. The molecule has 1 unspecified atom stereocenters. The van der Waals surface area contributed by atoms with Gasteiger partial charge in [0.05, 0.1) is 0 Å². The van der Waals surface area contributed by atoms with E-state index in [4.69, 9.17) is 0 Å². The third kappa shape index (κ3) is 1.89. The van der Waals surface area contributed by atoms with E-state index in [2.05, 4.69) is 49.2 Å². The molecular weight excluding hydrogens is 148 g/mol. The van der Waals surface area contributed by atoms with Crippen LogP contribution in [0.2, 0.25) is 0 Å². The van der Waals surface area contributed by atoms with Crippen molar-refractivity contribution in [2.24, 2.45) is 13.0 Å². The third-order valence-corrected chi connectivity index (χ3v) is 2.19. The van der Waals surface area contributed by atoms with Gasteiger partial charge in [-0.3, -0.25) is 0 Å². The summed E-state index contributed by atoms with van der Waals surface area (Å²) < 4.78 is 2.09. The number of nitrogens with one attached hydrogen (secondary N) is 1. The fourth-order valence-electron chi connectivity index (χ4n) is 1.59. The Morgan fingerprint density at radius 1 is 1.42 bits per heavy atom. The first kappa shape index (κ1) is 9.33. The highest BCUT2D eigenvalue weighted by Gasteiger charge is 2.13. The summed E-state index contributed by atoms with van der Waals surface area (Å²) in [5, 5.41) is 3.32. The summed E-state index contributed by atoms with van der Waals surface area (Å²) in [5.74, 6) is 0.636. The van der Waals surface area contributed by atoms with E-state index >= 15 is 0 Å². The zero-order valence-corrected chi connectivity index (χ0v) is 8.33. The van der Waals surface area contributed by atoms with Crippen LogP contribution in [0.5, 0.6) is 0 Å². The Bertz CT molecular complexity index is 238. The molecule has 68 valence electrons. The first-order valence-electron chi connectivity index (χ1n) is 4.44. The molecule has 2 nitrogen and oxygen atoms in total. The SMILES string of the molecule is CNC(c1ccn(C)c1)C(C)C. The number of hydrogen-bond donors (Lipinski definition) is 1. The van der Waals surface area contributed by atoms with Crippen molar-refractivity contribution < 1.29 is 0 Å². The van der Waals surface area contributed by atoms with E-state index in [9.17, 15) is 0 Å². The molecule has 0 aliphatic carbocycles. The Kier molecular flexibility index (Phi) is 2.93. The molecule has 0 spiro atoms. The maximum absolute atomic E-state index is 3.32. The van der Waals surface area contributed by atoms with E-state index in [1.807, 2.05) is 7.05 Å². The normalized spacial score (nSPS) is 13.8. The highest BCUT2D eigenvalue weighted by molar-refractivity contribution is 5.15. The van der Waals surface area contributed by atoms with Crippen LogP contribution in [0.25, 0.3) is 0 Å². The molecule has 0 radical (unpaired) electrons. The number of nitrogens with zero attached hydrogens (tertiary/aromatic N) is 1. The standard InChI is InChI=1S/C10H18N2/c1-8(2)10(11-3)9-5-6-12(4)7-9/h5-8,10-11H,1-4H3. The lowest BCUT2D eigenvalue weighted by molar-refractivity contribution is 0.443. The predicted molar refractivity (Wildman–Crippen MR) is 52.1 cm³/mol. The molecule has 0 amide bonds. The van der Waals surface area contributed by atoms with Gasteiger partial charge in [0.2, 0.25) is 0 Å². The minimum Gasteiger partial charge on any atom is -0.357 e. The average molecular weight is 166 g/mol. The van der Waals surface area contributed by atoms with Gasteiger partial charge in [-0.15, -0.1) is 0 Å². The van der Waals surface area contributed by atoms with Gasteiger partial charge in [0, 0.05) is 25.5 Å². The minimum absolute atomic E-state index is 0.478. The summed E-state index contributed by atoms with van der Waals surface area (Å²) in [6.07, 6.45) is 4.25. The van der Waals surface area contributed by atoms with E-state index < -0.39 is 0 Å². The topological polar surface area (TPSA) is 17.0 Å². The van der Waals surface area contributed by atoms with E-state index in [-0.39, 0.29) is 0 Å². The Morgan fingerprint density at radius 3 is 2.42 bits per heavy atom. The van der Waals surface area contributed by atoms with Gasteiger partial charge in [-0.1, -0.05) is 13.8 Å². The number of aromatic nitrogens is 1. The fourth-order valence-corrected chi connectivity index (χ4v) is 1.59. The van der Waals surface area contributed by atoms with Crippen molar-refractivity contribution in [2.45, 2.75) is 19.9 Å². The minimum atomic E-state index is 0.478. The molecule has 1 rings (SSSR count). The van der Waals surface area contributed by atoms with Crippen molar-refractivity contribution in [3.05, 3.63) is 24.0 Å². The molecule has 2 heteroatoms. The predicted octanol–water partition coefficient (Wildman–Crippen LogP) is 1.94. The van der Waals surface area contributed by atoms with Crippen LogP contribution in [0.1, 0.15) is 25.5 Å². The van der Waals surface area contributed by atoms with Crippen molar-refractivity contribution in [2.75, 3.05) is 7.05 Å². The molecule has 1 atom stereocenters. The first-order chi connectivity index (χ1) is 5.65. The lowest BCUT2D eigenvalue weighted by Gasteiger charge is -2.18. The highest BCUT2D eigenvalue weighted by atomic mass is 14.9. The van der Waals surface area contributed by atoms with Crippen molar-refractivity contribution in [1.29, 1.82) is 0 Å². The van der Waals surface area contributed by atoms with Crippen LogP contribution in [0.15, 0.2) is 18.5 Å². The summed E-state index contributed by atoms with van der Waals surface area (Å²) in [6, 6.07) is 2.65. The summed E-state index contributed by atoms with van der Waals surface area (Å²) in [4.78, 5) is 0. The van der Waals surface area contributed by atoms with Gasteiger partial charge >= 0.3 is 0 Å². The molecule has 0 bridgehead atoms. The number of hydrogen-bond acceptors (Lipinski definition) is 1. The summed E-state index contributed by atoms with van der Waals surface area (Å²) in [6.45, 7) is 4.46. The van der Waals surface area contributed by atoms with Crippen molar-refractivity contribution >= 4 is 0 Å². The number of rotatable bonds is 3. The lowest BCUT2D eigenvalue weighted by atomic mass is 9.99. The molecular formula is C10H18N2. The second-order valence-electron chi connectivity index (χ2n) is 3.62. The average Bonchev–Trinajstić information content (AvgIpc) is 2.37. The zero-order valence-electron chi connectivity index (χ0n) is 8.33. The van der Waals surface area contributed by atoms with Crippen molar-refractivity contribution in [1.82, 2.24) is 9.88 Å². The van der Waals surface area contributed by atoms with Crippen molar-refractivity contribution in [3.8, 4) is 0 Å². The van der Waals surface area contributed by atoms with Gasteiger partial charge < -0.3 is 9.88 Å². The van der Waals surface area contributed by atoms with Gasteiger partial charge in [0.15, 0.2) is 0 Å². The zero-order chi connectivity index (χ0) is 9.14. The van der Waals surface area contributed by atoms with Crippen LogP contribution in [0.3, 0.4) is 0 Å². The second-order valence-corrected chi connectivity index (χ2v) is 3.62. The molecule has 1 N–H and O–H groups in total. The van der Waals surface area contributed by atoms with Crippen LogP contribution < -0.4 is 5.32 Å². The van der Waals surface area contributed by atoms with E-state index in [1.165, 1.54) is 5.56 Å². The fraction of sp³-hybridized carbons (Fsp3) is 0.600. The lowest BCUT2D eigenvalue weighted by Crippen LogP contribution is -2.21. The molecule has 1 aromatic rings. The molecule has 0 aliphatic heterocycles. The Labute approximate surface area is 74.6 Å². The Morgan fingerprint density at radius 2 is 2.08 bits per heavy atom. The van der Waals surface area contributed by atoms with Gasteiger partial charge in [0.25, 0.3) is 0 Å². The number of aryl methyl sites for hydroxylation is 1. The highest BCUT2D eigenvalue weighted by Crippen LogP contribution is 2.20. The van der Waals surface area contributed by atoms with Crippen molar-refractivity contribution in [3.63, 3.8) is 0 Å². The van der Waals surface area contributed by atoms with Gasteiger partial charge in [-0.05, 0) is 24.6 Å². The molecule has 0 aliphatic rings. The molecule has 12 heavy (non-hydrogen) atoms. The van der Waals surface area contributed by atoms with Crippen LogP contribution in [-0.2, 0) is 7.05 Å². The monoisotopic (exact) mass is 166 g/mol. The Hall–Kier alpha value is -0.760. The van der Waals surface area contributed by atoms with E-state index in [0.717, 1.165) is 0 Å². The molecule has 1 aromatic heterocycles. The van der Waals surface area contributed by atoms with Gasteiger partial charge in [-0.2, -0.15) is 0 Å². The molecule has 0 fully saturated rings. The van der Waals surface area contributed by atoms with Crippen LogP contribution in [-0.4, -0.2) is 11.6 Å². The maximum atomic E-state index is 3.32. The van der Waals surface area contributed by atoms with Crippen LogP contribution in [0.4, 0.5) is 0 Å². The van der Waals surface area contributed by atoms with E-state index in [1.54, 1.807) is 0 Å².